The van der Waals surface area contributed by atoms with Gasteiger partial charge in [0.1, 0.15) is 5.82 Å². The van der Waals surface area contributed by atoms with Gasteiger partial charge in [-0.25, -0.2) is 10.2 Å². The molecule has 1 aromatic rings. The van der Waals surface area contributed by atoms with Gasteiger partial charge in [-0.05, 0) is 18.4 Å². The molecular weight excluding hydrogens is 258 g/mol. The number of nitrogens with zero attached hydrogens (tertiary/aromatic N) is 1. The van der Waals surface area contributed by atoms with Crippen molar-refractivity contribution in [2.75, 3.05) is 11.3 Å². The number of alkyl halides is 3. The van der Waals surface area contributed by atoms with Crippen molar-refractivity contribution in [3.8, 4) is 0 Å². The third-order valence-corrected chi connectivity index (χ3v) is 2.69. The first-order chi connectivity index (χ1) is 7.77. The Kier molecular flexibility index (Phi) is 3.99. The average molecular weight is 267 g/mol. The first kappa shape index (κ1) is 13.8. The summed E-state index contributed by atoms with van der Waals surface area (Å²) in [4.78, 5) is 0.292. The molecule has 0 radical (unpaired) electrons. The number of rotatable bonds is 2. The predicted octanol–water partition coefficient (Wildman–Crippen LogP) is 2.77. The molecule has 0 aromatic heterocycles. The van der Waals surface area contributed by atoms with E-state index in [4.69, 9.17) is 11.3 Å². The van der Waals surface area contributed by atoms with Gasteiger partial charge >= 0.3 is 6.18 Å². The summed E-state index contributed by atoms with van der Waals surface area (Å²) in [6.07, 6.45) is -3.24. The largest absolute Gasteiger partial charge is 0.450 e. The standard InChI is InChI=1S/C9H9F4N3S/c1-17-7-3-2-5(4-6(7)10)16(15)8(14)9(11,12)13/h2-4,14H,15H2,1H3. The maximum absolute atomic E-state index is 13.3. The summed E-state index contributed by atoms with van der Waals surface area (Å²) in [7, 11) is 0. The lowest BCUT2D eigenvalue weighted by atomic mass is 10.3. The van der Waals surface area contributed by atoms with Crippen LogP contribution < -0.4 is 10.9 Å². The van der Waals surface area contributed by atoms with Crippen molar-refractivity contribution in [3.63, 3.8) is 0 Å². The maximum atomic E-state index is 13.3. The summed E-state index contributed by atoms with van der Waals surface area (Å²) in [5.41, 5.74) is -0.234. The van der Waals surface area contributed by atoms with E-state index in [-0.39, 0.29) is 10.7 Å². The number of hydrogen-bond donors (Lipinski definition) is 2. The van der Waals surface area contributed by atoms with Gasteiger partial charge in [0.15, 0.2) is 0 Å². The highest BCUT2D eigenvalue weighted by Gasteiger charge is 2.38. The highest BCUT2D eigenvalue weighted by molar-refractivity contribution is 7.98. The Morgan fingerprint density at radius 3 is 2.41 bits per heavy atom. The van der Waals surface area contributed by atoms with Crippen molar-refractivity contribution in [2.45, 2.75) is 11.1 Å². The molecule has 0 aliphatic heterocycles. The number of nitrogens with one attached hydrogen (secondary N) is 1. The second-order valence-electron chi connectivity index (χ2n) is 3.04. The second-order valence-corrected chi connectivity index (χ2v) is 3.88. The fourth-order valence-corrected chi connectivity index (χ4v) is 1.53. The van der Waals surface area contributed by atoms with Crippen molar-refractivity contribution in [1.82, 2.24) is 0 Å². The van der Waals surface area contributed by atoms with E-state index in [0.29, 0.717) is 4.90 Å². The zero-order valence-electron chi connectivity index (χ0n) is 8.68. The van der Waals surface area contributed by atoms with Crippen LogP contribution in [0.5, 0.6) is 0 Å². The molecule has 3 nitrogen and oxygen atoms in total. The minimum atomic E-state index is -4.87. The highest BCUT2D eigenvalue weighted by atomic mass is 32.2. The molecule has 0 spiro atoms. The fourth-order valence-electron chi connectivity index (χ4n) is 1.07. The summed E-state index contributed by atoms with van der Waals surface area (Å²) >= 11 is 1.12. The number of anilines is 1. The van der Waals surface area contributed by atoms with Crippen LogP contribution in [0.3, 0.4) is 0 Å². The smallest absolute Gasteiger partial charge is 0.279 e. The number of hydrazine groups is 1. The lowest BCUT2D eigenvalue weighted by Gasteiger charge is -2.21. The number of hydrogen-bond acceptors (Lipinski definition) is 3. The van der Waals surface area contributed by atoms with E-state index >= 15 is 0 Å². The number of benzene rings is 1. The van der Waals surface area contributed by atoms with Crippen molar-refractivity contribution >= 4 is 23.3 Å². The van der Waals surface area contributed by atoms with Crippen LogP contribution >= 0.6 is 11.8 Å². The molecule has 0 bridgehead atoms. The SMILES string of the molecule is CSc1ccc(N(N)C(=N)C(F)(F)F)cc1F. The van der Waals surface area contributed by atoms with Crippen LogP contribution in [0.4, 0.5) is 23.2 Å². The third-order valence-electron chi connectivity index (χ3n) is 1.92. The molecule has 0 heterocycles. The van der Waals surface area contributed by atoms with Gasteiger partial charge in [0.05, 0.1) is 5.69 Å². The summed E-state index contributed by atoms with van der Waals surface area (Å²) in [5, 5.41) is 6.89. The Hall–Kier alpha value is -1.28. The van der Waals surface area contributed by atoms with E-state index in [1.807, 2.05) is 0 Å². The third kappa shape index (κ3) is 3.10. The Bertz CT molecular complexity index is 433. The van der Waals surface area contributed by atoms with Gasteiger partial charge in [0.25, 0.3) is 0 Å². The Morgan fingerprint density at radius 1 is 1.41 bits per heavy atom. The molecule has 1 rings (SSSR count). The first-order valence-electron chi connectivity index (χ1n) is 4.31. The van der Waals surface area contributed by atoms with Crippen LogP contribution in [0.25, 0.3) is 0 Å². The van der Waals surface area contributed by atoms with Crippen LogP contribution in [-0.2, 0) is 0 Å². The molecule has 0 saturated heterocycles. The Labute approximate surface area is 99.1 Å². The lowest BCUT2D eigenvalue weighted by molar-refractivity contribution is -0.0610. The minimum Gasteiger partial charge on any atom is -0.279 e. The molecule has 0 amide bonds. The Balaban J connectivity index is 3.02. The van der Waals surface area contributed by atoms with Crippen LogP contribution in [0.2, 0.25) is 0 Å². The predicted molar refractivity (Wildman–Crippen MR) is 58.6 cm³/mol. The zero-order valence-corrected chi connectivity index (χ0v) is 9.49. The maximum Gasteiger partial charge on any atom is 0.450 e. The van der Waals surface area contributed by atoms with Crippen molar-refractivity contribution < 1.29 is 17.6 Å². The quantitative estimate of drug-likeness (QED) is 0.216. The van der Waals surface area contributed by atoms with Gasteiger partial charge in [-0.3, -0.25) is 10.4 Å². The molecule has 0 fully saturated rings. The van der Waals surface area contributed by atoms with E-state index in [0.717, 1.165) is 17.8 Å². The van der Waals surface area contributed by atoms with Gasteiger partial charge in [0, 0.05) is 11.0 Å². The summed E-state index contributed by atoms with van der Waals surface area (Å²) < 4.78 is 49.9. The van der Waals surface area contributed by atoms with Crippen LogP contribution in [-0.4, -0.2) is 18.3 Å². The molecule has 0 aliphatic carbocycles. The molecule has 94 valence electrons. The molecule has 1 aromatic carbocycles. The summed E-state index contributed by atoms with van der Waals surface area (Å²) in [6.45, 7) is 0. The molecule has 0 aliphatic rings. The van der Waals surface area contributed by atoms with Gasteiger partial charge in [-0.1, -0.05) is 0 Å². The van der Waals surface area contributed by atoms with E-state index in [1.54, 1.807) is 6.26 Å². The fraction of sp³-hybridized carbons (Fsp3) is 0.222. The monoisotopic (exact) mass is 267 g/mol. The summed E-state index contributed by atoms with van der Waals surface area (Å²) in [5.74, 6) is 2.66. The molecule has 17 heavy (non-hydrogen) atoms. The van der Waals surface area contributed by atoms with Gasteiger partial charge in [0.2, 0.25) is 5.84 Å². The van der Waals surface area contributed by atoms with Gasteiger partial charge in [-0.2, -0.15) is 13.2 Å². The van der Waals surface area contributed by atoms with Gasteiger partial charge < -0.3 is 0 Å². The highest BCUT2D eigenvalue weighted by Crippen LogP contribution is 2.26. The van der Waals surface area contributed by atoms with Crippen LogP contribution in [0.15, 0.2) is 23.1 Å². The number of amidine groups is 1. The first-order valence-corrected chi connectivity index (χ1v) is 5.54. The second kappa shape index (κ2) is 4.92. The van der Waals surface area contributed by atoms with E-state index in [1.165, 1.54) is 12.1 Å². The number of halogens is 4. The van der Waals surface area contributed by atoms with Crippen LogP contribution in [0.1, 0.15) is 0 Å². The van der Waals surface area contributed by atoms with E-state index < -0.39 is 17.8 Å². The van der Waals surface area contributed by atoms with Crippen molar-refractivity contribution in [2.24, 2.45) is 5.84 Å². The lowest BCUT2D eigenvalue weighted by Crippen LogP contribution is -2.45. The minimum absolute atomic E-state index is 0.0905. The van der Waals surface area contributed by atoms with Gasteiger partial charge in [-0.15, -0.1) is 11.8 Å². The van der Waals surface area contributed by atoms with E-state index in [9.17, 15) is 17.6 Å². The molecule has 0 unspecified atom stereocenters. The molecular formula is C9H9F4N3S. The average Bonchev–Trinajstić information content (AvgIpc) is 2.25. The molecule has 8 heteroatoms. The zero-order chi connectivity index (χ0) is 13.2. The number of nitrogens with two attached hydrogens (primary N) is 1. The Morgan fingerprint density at radius 2 is 2.00 bits per heavy atom. The van der Waals surface area contributed by atoms with Crippen LogP contribution in [0, 0.1) is 11.2 Å². The van der Waals surface area contributed by atoms with E-state index in [2.05, 4.69) is 0 Å². The van der Waals surface area contributed by atoms with Crippen molar-refractivity contribution in [3.05, 3.63) is 24.0 Å². The molecule has 0 atom stereocenters. The molecule has 3 N–H and O–H groups in total. The van der Waals surface area contributed by atoms with Crippen molar-refractivity contribution in [1.29, 1.82) is 5.41 Å². The molecule has 0 saturated carbocycles. The topological polar surface area (TPSA) is 53.1 Å². The summed E-state index contributed by atoms with van der Waals surface area (Å²) in [6, 6.07) is 3.38. The number of thioether (sulfide) groups is 1. The normalized spacial score (nSPS) is 11.4.